The van der Waals surface area contributed by atoms with Gasteiger partial charge in [-0.25, -0.2) is 0 Å². The Kier molecular flexibility index (Phi) is 5.10. The van der Waals surface area contributed by atoms with Crippen LogP contribution in [0.1, 0.15) is 19.3 Å². The van der Waals surface area contributed by atoms with E-state index in [0.717, 1.165) is 18.6 Å². The van der Waals surface area contributed by atoms with Crippen LogP contribution in [-0.4, -0.2) is 35.2 Å². The van der Waals surface area contributed by atoms with Crippen LogP contribution >= 0.6 is 11.8 Å². The van der Waals surface area contributed by atoms with E-state index in [-0.39, 0.29) is 17.8 Å². The number of aliphatic hydroxyl groups is 1. The normalized spacial score (nSPS) is 19.1. The second-order valence-corrected chi connectivity index (χ2v) is 5.94. The van der Waals surface area contributed by atoms with Gasteiger partial charge in [0.1, 0.15) is 0 Å². The van der Waals surface area contributed by atoms with Crippen molar-refractivity contribution in [2.24, 2.45) is 0 Å². The lowest BCUT2D eigenvalue weighted by atomic mass is 10.1. The van der Waals surface area contributed by atoms with Crippen molar-refractivity contribution in [2.45, 2.75) is 24.5 Å². The molecule has 0 saturated carbocycles. The van der Waals surface area contributed by atoms with Crippen molar-refractivity contribution in [3.8, 4) is 0 Å². The van der Waals surface area contributed by atoms with Crippen molar-refractivity contribution in [1.82, 2.24) is 0 Å². The number of benzene rings is 1. The number of thioether (sulfide) groups is 1. The van der Waals surface area contributed by atoms with Crippen LogP contribution in [0.3, 0.4) is 0 Å². The van der Waals surface area contributed by atoms with Gasteiger partial charge in [-0.15, -0.1) is 11.8 Å². The minimum absolute atomic E-state index is 0.0000869. The number of amides is 1. The number of rotatable bonds is 4. The molecule has 1 unspecified atom stereocenters. The average Bonchev–Trinajstić information content (AvgIpc) is 2.46. The van der Waals surface area contributed by atoms with Gasteiger partial charge in [0.05, 0.1) is 23.2 Å². The van der Waals surface area contributed by atoms with Gasteiger partial charge < -0.3 is 15.7 Å². The monoisotopic (exact) mass is 280 g/mol. The first-order valence-electron chi connectivity index (χ1n) is 6.62. The number of nitrogen functional groups attached to an aromatic ring is 1. The van der Waals surface area contributed by atoms with Gasteiger partial charge in [-0.05, 0) is 30.7 Å². The van der Waals surface area contributed by atoms with Crippen LogP contribution in [0.2, 0.25) is 0 Å². The molecule has 1 aliphatic rings. The van der Waals surface area contributed by atoms with Crippen molar-refractivity contribution in [3.63, 3.8) is 0 Å². The van der Waals surface area contributed by atoms with Crippen LogP contribution in [0.5, 0.6) is 0 Å². The molecule has 19 heavy (non-hydrogen) atoms. The maximum Gasteiger partial charge on any atom is 0.240 e. The summed E-state index contributed by atoms with van der Waals surface area (Å²) in [6.45, 7) is 0.238. The number of carbonyl (C=O) groups is 1. The quantitative estimate of drug-likeness (QED) is 0.826. The fourth-order valence-electron chi connectivity index (χ4n) is 2.29. The smallest absolute Gasteiger partial charge is 0.240 e. The number of para-hydroxylation sites is 2. The summed E-state index contributed by atoms with van der Waals surface area (Å²) >= 11 is 1.71. The van der Waals surface area contributed by atoms with Crippen molar-refractivity contribution < 1.29 is 9.90 Å². The second kappa shape index (κ2) is 6.82. The summed E-state index contributed by atoms with van der Waals surface area (Å²) in [5.74, 6) is 1.10. The summed E-state index contributed by atoms with van der Waals surface area (Å²) < 4.78 is 0. The third kappa shape index (κ3) is 3.42. The van der Waals surface area contributed by atoms with E-state index in [1.54, 1.807) is 22.7 Å². The molecule has 5 heteroatoms. The topological polar surface area (TPSA) is 66.6 Å². The fourth-order valence-corrected chi connectivity index (χ4v) is 3.55. The molecule has 1 heterocycles. The zero-order valence-electron chi connectivity index (χ0n) is 10.9. The molecule has 1 aromatic rings. The highest BCUT2D eigenvalue weighted by Gasteiger charge is 2.27. The highest BCUT2D eigenvalue weighted by molar-refractivity contribution is 8.00. The van der Waals surface area contributed by atoms with Crippen LogP contribution in [0.4, 0.5) is 11.4 Å². The molecule has 0 radical (unpaired) electrons. The van der Waals surface area contributed by atoms with E-state index in [2.05, 4.69) is 0 Å². The van der Waals surface area contributed by atoms with E-state index in [1.807, 2.05) is 18.2 Å². The fraction of sp³-hybridized carbons (Fsp3) is 0.500. The number of aliphatic hydroxyl groups excluding tert-OH is 1. The lowest BCUT2D eigenvalue weighted by molar-refractivity contribution is -0.118. The number of hydrogen-bond acceptors (Lipinski definition) is 4. The standard InChI is InChI=1S/C14H20N2O2S/c15-11-5-1-2-6-12(11)16(8-9-17)14(18)13-7-3-4-10-19-13/h1-2,5-6,13,17H,3-4,7-10,15H2. The third-order valence-corrected chi connectivity index (χ3v) is 4.64. The second-order valence-electron chi connectivity index (χ2n) is 4.63. The maximum absolute atomic E-state index is 12.6. The Balaban J connectivity index is 2.19. The van der Waals surface area contributed by atoms with Gasteiger partial charge in [-0.1, -0.05) is 18.6 Å². The largest absolute Gasteiger partial charge is 0.397 e. The molecule has 0 spiro atoms. The lowest BCUT2D eigenvalue weighted by Crippen LogP contribution is -2.41. The van der Waals surface area contributed by atoms with Crippen LogP contribution < -0.4 is 10.6 Å². The van der Waals surface area contributed by atoms with Gasteiger partial charge in [-0.2, -0.15) is 0 Å². The molecule has 1 amide bonds. The number of carbonyl (C=O) groups excluding carboxylic acids is 1. The van der Waals surface area contributed by atoms with E-state index < -0.39 is 0 Å². The van der Waals surface area contributed by atoms with Crippen molar-refractivity contribution >= 4 is 29.0 Å². The predicted molar refractivity (Wildman–Crippen MR) is 80.4 cm³/mol. The van der Waals surface area contributed by atoms with E-state index in [0.29, 0.717) is 17.9 Å². The molecule has 1 saturated heterocycles. The van der Waals surface area contributed by atoms with Gasteiger partial charge in [0.25, 0.3) is 0 Å². The van der Waals surface area contributed by atoms with Gasteiger partial charge in [0.2, 0.25) is 5.91 Å². The van der Waals surface area contributed by atoms with E-state index in [4.69, 9.17) is 5.73 Å². The number of anilines is 2. The molecular weight excluding hydrogens is 260 g/mol. The van der Waals surface area contributed by atoms with Crippen molar-refractivity contribution in [2.75, 3.05) is 29.5 Å². The molecule has 0 aliphatic carbocycles. The zero-order chi connectivity index (χ0) is 13.7. The van der Waals surface area contributed by atoms with Gasteiger partial charge >= 0.3 is 0 Å². The first-order valence-corrected chi connectivity index (χ1v) is 7.67. The maximum atomic E-state index is 12.6. The summed E-state index contributed by atoms with van der Waals surface area (Å²) in [4.78, 5) is 14.2. The van der Waals surface area contributed by atoms with E-state index >= 15 is 0 Å². The van der Waals surface area contributed by atoms with Crippen LogP contribution in [0.25, 0.3) is 0 Å². The Labute approximate surface area is 118 Å². The lowest BCUT2D eigenvalue weighted by Gasteiger charge is -2.29. The SMILES string of the molecule is Nc1ccccc1N(CCO)C(=O)C1CCCCS1. The van der Waals surface area contributed by atoms with Crippen LogP contribution in [0, 0.1) is 0 Å². The molecule has 104 valence electrons. The van der Waals surface area contributed by atoms with Crippen molar-refractivity contribution in [3.05, 3.63) is 24.3 Å². The van der Waals surface area contributed by atoms with Crippen molar-refractivity contribution in [1.29, 1.82) is 0 Å². The Morgan fingerprint density at radius 1 is 1.42 bits per heavy atom. The van der Waals surface area contributed by atoms with Crippen LogP contribution in [0.15, 0.2) is 24.3 Å². The first-order chi connectivity index (χ1) is 9.24. The van der Waals surface area contributed by atoms with E-state index in [9.17, 15) is 9.90 Å². The molecule has 1 aliphatic heterocycles. The summed E-state index contributed by atoms with van der Waals surface area (Å²) in [5, 5.41) is 9.19. The summed E-state index contributed by atoms with van der Waals surface area (Å²) in [5.41, 5.74) is 7.21. The minimum Gasteiger partial charge on any atom is -0.397 e. The predicted octanol–water partition coefficient (Wildman–Crippen LogP) is 1.88. The summed E-state index contributed by atoms with van der Waals surface area (Å²) in [6.07, 6.45) is 3.20. The summed E-state index contributed by atoms with van der Waals surface area (Å²) in [7, 11) is 0. The number of nitrogens with zero attached hydrogens (tertiary/aromatic N) is 1. The molecule has 0 bridgehead atoms. The molecule has 2 rings (SSSR count). The highest BCUT2D eigenvalue weighted by atomic mass is 32.2. The van der Waals surface area contributed by atoms with E-state index in [1.165, 1.54) is 6.42 Å². The Morgan fingerprint density at radius 2 is 2.21 bits per heavy atom. The Morgan fingerprint density at radius 3 is 2.84 bits per heavy atom. The van der Waals surface area contributed by atoms with Crippen LogP contribution in [-0.2, 0) is 4.79 Å². The van der Waals surface area contributed by atoms with Gasteiger partial charge in [0.15, 0.2) is 0 Å². The molecule has 1 aromatic carbocycles. The minimum atomic E-state index is -0.0581. The summed E-state index contributed by atoms with van der Waals surface area (Å²) in [6, 6.07) is 7.31. The number of hydrogen-bond donors (Lipinski definition) is 2. The molecule has 1 fully saturated rings. The van der Waals surface area contributed by atoms with Gasteiger partial charge in [-0.3, -0.25) is 4.79 Å². The molecular formula is C14H20N2O2S. The zero-order valence-corrected chi connectivity index (χ0v) is 11.7. The van der Waals surface area contributed by atoms with Gasteiger partial charge in [0, 0.05) is 6.54 Å². The highest BCUT2D eigenvalue weighted by Crippen LogP contribution is 2.30. The molecule has 4 nitrogen and oxygen atoms in total. The molecule has 3 N–H and O–H groups in total. The first kappa shape index (κ1) is 14.2. The Hall–Kier alpha value is -1.20. The molecule has 0 aromatic heterocycles. The molecule has 1 atom stereocenters. The third-order valence-electron chi connectivity index (χ3n) is 3.27. The average molecular weight is 280 g/mol. The number of nitrogens with two attached hydrogens (primary N) is 1. The Bertz CT molecular complexity index is 433.